The van der Waals surface area contributed by atoms with Crippen LogP contribution in [0, 0.1) is 12.3 Å². The number of benzene rings is 2. The van der Waals surface area contributed by atoms with E-state index < -0.39 is 5.91 Å². The smallest absolute Gasteiger partial charge is 0.360 e. The largest absolute Gasteiger partial charge is 0.493 e. The molecule has 0 atom stereocenters. The van der Waals surface area contributed by atoms with Crippen LogP contribution in [-0.4, -0.2) is 27.2 Å². The second kappa shape index (κ2) is 8.29. The highest BCUT2D eigenvalue weighted by atomic mass is 16.5. The zero-order chi connectivity index (χ0) is 18.2. The van der Waals surface area contributed by atoms with Gasteiger partial charge in [-0.2, -0.15) is 0 Å². The van der Waals surface area contributed by atoms with Crippen molar-refractivity contribution < 1.29 is 19.0 Å². The molecule has 2 aromatic rings. The second-order valence-corrected chi connectivity index (χ2v) is 4.70. The molecule has 7 heteroatoms. The van der Waals surface area contributed by atoms with Crippen LogP contribution in [0.25, 0.3) is 0 Å². The summed E-state index contributed by atoms with van der Waals surface area (Å²) in [6, 6.07) is 9.83. The summed E-state index contributed by atoms with van der Waals surface area (Å²) >= 11 is 0. The maximum atomic E-state index is 12.2. The van der Waals surface area contributed by atoms with Gasteiger partial charge in [-0.05, 0) is 30.3 Å². The van der Waals surface area contributed by atoms with E-state index in [0.717, 1.165) is 0 Å². The number of hydrogen-bond acceptors (Lipinski definition) is 5. The Morgan fingerprint density at radius 2 is 1.76 bits per heavy atom. The van der Waals surface area contributed by atoms with E-state index in [2.05, 4.69) is 21.1 Å². The molecule has 0 aliphatic rings. The summed E-state index contributed by atoms with van der Waals surface area (Å²) in [5, 5.41) is 7.42. The average molecular weight is 338 g/mol. The Morgan fingerprint density at radius 3 is 2.32 bits per heavy atom. The lowest BCUT2D eigenvalue weighted by atomic mass is 10.1. The van der Waals surface area contributed by atoms with Crippen molar-refractivity contribution in [3.8, 4) is 29.6 Å². The minimum atomic E-state index is -0.601. The molecular formula is C18H16N3O4+. The van der Waals surface area contributed by atoms with E-state index in [1.807, 2.05) is 0 Å². The van der Waals surface area contributed by atoms with Crippen LogP contribution in [0.5, 0.6) is 17.2 Å². The number of terminal acetylenes is 1. The van der Waals surface area contributed by atoms with Gasteiger partial charge in [-0.3, -0.25) is 4.79 Å². The van der Waals surface area contributed by atoms with Crippen LogP contribution in [0.1, 0.15) is 15.9 Å². The molecule has 1 amide bonds. The molecule has 0 aromatic heterocycles. The van der Waals surface area contributed by atoms with Crippen LogP contribution in [0.3, 0.4) is 0 Å². The van der Waals surface area contributed by atoms with Gasteiger partial charge in [0, 0.05) is 5.56 Å². The lowest BCUT2D eigenvalue weighted by Crippen LogP contribution is -2.00. The van der Waals surface area contributed by atoms with Crippen molar-refractivity contribution in [3.05, 3.63) is 47.5 Å². The standard InChI is InChI=1S/C18H16N3O4/c1-5-12-7-6-8-14(9-12)19-21-20-18(22)13-10-15(23-2)17(25-4)16(11-13)24-3/h1,6-11H,2-4H3/q+1. The van der Waals surface area contributed by atoms with Gasteiger partial charge in [-0.1, -0.05) is 12.0 Å². The maximum absolute atomic E-state index is 12.2. The van der Waals surface area contributed by atoms with Crippen LogP contribution >= 0.6 is 0 Å². The van der Waals surface area contributed by atoms with Gasteiger partial charge in [0.1, 0.15) is 0 Å². The monoisotopic (exact) mass is 338 g/mol. The summed E-state index contributed by atoms with van der Waals surface area (Å²) in [5.41, 5.74) is 1.38. The number of nitrogens with zero attached hydrogens (tertiary/aromatic N) is 3. The minimum absolute atomic E-state index is 0.228. The van der Waals surface area contributed by atoms with E-state index in [-0.39, 0.29) is 5.56 Å². The molecule has 0 unspecified atom stereocenters. The molecule has 0 saturated heterocycles. The zero-order valence-corrected chi connectivity index (χ0v) is 14.0. The molecule has 0 aliphatic carbocycles. The number of methoxy groups -OCH3 is 3. The molecule has 2 rings (SSSR count). The number of ether oxygens (including phenoxy) is 3. The summed E-state index contributed by atoms with van der Waals surface area (Å²) < 4.78 is 15.6. The molecule has 0 N–H and O–H groups in total. The molecule has 0 heterocycles. The van der Waals surface area contributed by atoms with Gasteiger partial charge in [0.25, 0.3) is 0 Å². The number of carbonyl (C=O) groups excluding carboxylic acids is 1. The lowest BCUT2D eigenvalue weighted by molar-refractivity contribution is 0.0992. The third-order valence-electron chi connectivity index (χ3n) is 3.22. The van der Waals surface area contributed by atoms with Crippen molar-refractivity contribution in [2.75, 3.05) is 21.3 Å². The predicted octanol–water partition coefficient (Wildman–Crippen LogP) is 3.14. The number of carbonyl (C=O) groups is 1. The fourth-order valence-electron chi connectivity index (χ4n) is 2.03. The number of hydrogen-bond donors (Lipinski definition) is 0. The molecule has 0 aliphatic heterocycles. The molecular weight excluding hydrogens is 322 g/mol. The van der Waals surface area contributed by atoms with Crippen molar-refractivity contribution in [1.29, 1.82) is 0 Å². The van der Waals surface area contributed by atoms with E-state index in [0.29, 0.717) is 28.5 Å². The Balaban J connectivity index is 2.31. The molecule has 0 fully saturated rings. The van der Waals surface area contributed by atoms with Gasteiger partial charge in [0.2, 0.25) is 15.8 Å². The van der Waals surface area contributed by atoms with Crippen molar-refractivity contribution in [1.82, 2.24) is 4.91 Å². The molecule has 126 valence electrons. The summed E-state index contributed by atoms with van der Waals surface area (Å²) in [7, 11) is 4.40. The first-order chi connectivity index (χ1) is 12.1. The first-order valence-corrected chi connectivity index (χ1v) is 7.15. The van der Waals surface area contributed by atoms with E-state index in [1.54, 1.807) is 24.3 Å². The summed E-state index contributed by atoms with van der Waals surface area (Å²) in [4.78, 5) is 15.8. The lowest BCUT2D eigenvalue weighted by Gasteiger charge is -2.12. The fourth-order valence-corrected chi connectivity index (χ4v) is 2.03. The number of amides is 1. The van der Waals surface area contributed by atoms with Gasteiger partial charge in [-0.25, -0.2) is 0 Å². The summed E-state index contributed by atoms with van der Waals surface area (Å²) in [5.74, 6) is 2.97. The zero-order valence-electron chi connectivity index (χ0n) is 14.0. The van der Waals surface area contributed by atoms with Gasteiger partial charge in [0.15, 0.2) is 22.3 Å². The molecule has 0 radical (unpaired) electrons. The van der Waals surface area contributed by atoms with E-state index >= 15 is 0 Å². The Hall–Kier alpha value is -3.62. The van der Waals surface area contributed by atoms with Gasteiger partial charge in [0.05, 0.1) is 26.9 Å². The van der Waals surface area contributed by atoms with Crippen LogP contribution < -0.4 is 19.1 Å². The van der Waals surface area contributed by atoms with Crippen molar-refractivity contribution in [2.45, 2.75) is 0 Å². The van der Waals surface area contributed by atoms with Crippen LogP contribution in [0.15, 0.2) is 46.6 Å². The van der Waals surface area contributed by atoms with E-state index in [4.69, 9.17) is 20.6 Å². The van der Waals surface area contributed by atoms with E-state index in [1.165, 1.54) is 33.5 Å². The van der Waals surface area contributed by atoms with E-state index in [9.17, 15) is 4.79 Å². The second-order valence-electron chi connectivity index (χ2n) is 4.70. The van der Waals surface area contributed by atoms with Crippen LogP contribution in [0.4, 0.5) is 5.69 Å². The summed E-state index contributed by atoms with van der Waals surface area (Å²) in [6.07, 6.45) is 5.32. The minimum Gasteiger partial charge on any atom is -0.493 e. The van der Waals surface area contributed by atoms with Crippen molar-refractivity contribution >= 4 is 11.6 Å². The highest BCUT2D eigenvalue weighted by molar-refractivity contribution is 5.95. The highest BCUT2D eigenvalue weighted by Crippen LogP contribution is 2.38. The van der Waals surface area contributed by atoms with Crippen molar-refractivity contribution in [2.24, 2.45) is 10.2 Å². The average Bonchev–Trinajstić information content (AvgIpc) is 2.66. The maximum Gasteiger partial charge on any atom is 0.360 e. The quantitative estimate of drug-likeness (QED) is 0.476. The molecule has 25 heavy (non-hydrogen) atoms. The molecule has 0 bridgehead atoms. The van der Waals surface area contributed by atoms with Crippen molar-refractivity contribution in [3.63, 3.8) is 0 Å². The summed E-state index contributed by atoms with van der Waals surface area (Å²) in [6.45, 7) is 0. The van der Waals surface area contributed by atoms with Gasteiger partial charge >= 0.3 is 5.91 Å². The number of rotatable bonds is 5. The first-order valence-electron chi connectivity index (χ1n) is 7.15. The Labute approximate surface area is 145 Å². The molecule has 2 aromatic carbocycles. The fraction of sp³-hybridized carbons (Fsp3) is 0.167. The highest BCUT2D eigenvalue weighted by Gasteiger charge is 2.19. The molecule has 0 spiro atoms. The van der Waals surface area contributed by atoms with Gasteiger partial charge < -0.3 is 14.2 Å². The molecule has 7 nitrogen and oxygen atoms in total. The topological polar surface area (TPSA) is 83.6 Å². The third kappa shape index (κ3) is 4.22. The Bertz CT molecular complexity index is 868. The Kier molecular flexibility index (Phi) is 5.88. The van der Waals surface area contributed by atoms with Crippen LogP contribution in [-0.2, 0) is 0 Å². The SMILES string of the molecule is C#Cc1cccc(N=[N+]=NC(=O)c2cc(OC)c(OC)c(OC)c2)c1. The Morgan fingerprint density at radius 1 is 1.08 bits per heavy atom. The van der Waals surface area contributed by atoms with Crippen LogP contribution in [0.2, 0.25) is 0 Å². The predicted molar refractivity (Wildman–Crippen MR) is 91.5 cm³/mol. The first kappa shape index (κ1) is 17.7. The normalized spacial score (nSPS) is 9.36. The van der Waals surface area contributed by atoms with Gasteiger partial charge in [-0.15, -0.1) is 6.42 Å². The molecule has 0 saturated carbocycles. The third-order valence-corrected chi connectivity index (χ3v) is 3.22.